The number of hydrogen-bond acceptors (Lipinski definition) is 5. The predicted octanol–water partition coefficient (Wildman–Crippen LogP) is 2.45. The molecule has 7 nitrogen and oxygen atoms in total. The van der Waals surface area contributed by atoms with Crippen molar-refractivity contribution < 1.29 is 14.3 Å². The Morgan fingerprint density at radius 3 is 2.77 bits per heavy atom. The van der Waals surface area contributed by atoms with Crippen LogP contribution in [0.4, 0.5) is 5.69 Å². The Kier molecular flexibility index (Phi) is 9.11. The van der Waals surface area contributed by atoms with Gasteiger partial charge in [-0.3, -0.25) is 14.5 Å². The highest BCUT2D eigenvalue weighted by molar-refractivity contribution is 5.97. The fourth-order valence-corrected chi connectivity index (χ4v) is 3.57. The van der Waals surface area contributed by atoms with E-state index in [4.69, 9.17) is 4.74 Å². The minimum absolute atomic E-state index is 0. The van der Waals surface area contributed by atoms with Gasteiger partial charge in [0.1, 0.15) is 5.75 Å². The molecule has 1 atom stereocenters. The third kappa shape index (κ3) is 5.95. The van der Waals surface area contributed by atoms with Crippen molar-refractivity contribution in [2.24, 2.45) is 0 Å². The number of hydrogen-bond donors (Lipinski definition) is 3. The summed E-state index contributed by atoms with van der Waals surface area (Å²) < 4.78 is 5.51. The van der Waals surface area contributed by atoms with Gasteiger partial charge >= 0.3 is 0 Å². The summed E-state index contributed by atoms with van der Waals surface area (Å²) in [5.74, 6) is 0.558. The zero-order valence-electron chi connectivity index (χ0n) is 17.3. The fraction of sp³-hybridized carbons (Fsp3) is 0.364. The molecule has 1 fully saturated rings. The van der Waals surface area contributed by atoms with Gasteiger partial charge in [-0.1, -0.05) is 24.3 Å². The number of ether oxygens (including phenoxy) is 1. The summed E-state index contributed by atoms with van der Waals surface area (Å²) in [5, 5.41) is 9.08. The van der Waals surface area contributed by atoms with Crippen LogP contribution < -0.4 is 20.7 Å². The Hall–Kier alpha value is -2.61. The van der Waals surface area contributed by atoms with Crippen molar-refractivity contribution in [2.45, 2.75) is 13.0 Å². The van der Waals surface area contributed by atoms with Crippen molar-refractivity contribution in [1.82, 2.24) is 15.5 Å². The Labute approximate surface area is 183 Å². The fourth-order valence-electron chi connectivity index (χ4n) is 3.57. The minimum atomic E-state index is -0.151. The average Bonchev–Trinajstić information content (AvgIpc) is 2.74. The van der Waals surface area contributed by atoms with Crippen LogP contribution in [0.2, 0.25) is 0 Å². The van der Waals surface area contributed by atoms with Crippen LogP contribution in [-0.4, -0.2) is 56.5 Å². The molecular weight excluding hydrogens is 404 g/mol. The maximum Gasteiger partial charge on any atom is 0.251 e. The lowest BCUT2D eigenvalue weighted by atomic mass is 10.0. The number of carbonyl (C=O) groups excluding carboxylic acids is 2. The highest BCUT2D eigenvalue weighted by atomic mass is 35.5. The van der Waals surface area contributed by atoms with Gasteiger partial charge in [-0.05, 0) is 31.2 Å². The van der Waals surface area contributed by atoms with Gasteiger partial charge < -0.3 is 20.7 Å². The monoisotopic (exact) mass is 432 g/mol. The molecule has 162 valence electrons. The molecule has 1 aliphatic heterocycles. The summed E-state index contributed by atoms with van der Waals surface area (Å²) in [6.45, 7) is 5.02. The molecule has 1 saturated heterocycles. The summed E-state index contributed by atoms with van der Waals surface area (Å²) in [6.07, 6.45) is 0. The molecule has 30 heavy (non-hydrogen) atoms. The van der Waals surface area contributed by atoms with Gasteiger partial charge in [-0.2, -0.15) is 0 Å². The molecule has 1 heterocycles. The summed E-state index contributed by atoms with van der Waals surface area (Å²) >= 11 is 0. The Morgan fingerprint density at radius 2 is 2.00 bits per heavy atom. The third-order valence-electron chi connectivity index (χ3n) is 4.94. The molecule has 1 aliphatic rings. The molecular formula is C22H29ClN4O3. The molecule has 1 unspecified atom stereocenters. The number of rotatable bonds is 7. The van der Waals surface area contributed by atoms with Crippen LogP contribution in [0.25, 0.3) is 0 Å². The van der Waals surface area contributed by atoms with Crippen molar-refractivity contribution in [3.8, 4) is 5.75 Å². The standard InChI is InChI=1S/C22H28N4O3.ClH/c1-3-24-22(28)16-7-6-8-17(13-16)25-21(27)15-26-12-11-23-14-19(26)18-9-4-5-10-20(18)29-2;/h4-10,13,19,23H,3,11-12,14-15H2,1-2H3,(H,24,28)(H,25,27);1H. The number of piperazine rings is 1. The van der Waals surface area contributed by atoms with Gasteiger partial charge in [0.2, 0.25) is 5.91 Å². The van der Waals surface area contributed by atoms with E-state index in [1.165, 1.54) is 0 Å². The molecule has 0 radical (unpaired) electrons. The van der Waals surface area contributed by atoms with E-state index in [0.717, 1.165) is 30.9 Å². The second-order valence-corrected chi connectivity index (χ2v) is 6.92. The van der Waals surface area contributed by atoms with E-state index in [2.05, 4.69) is 20.9 Å². The summed E-state index contributed by atoms with van der Waals surface area (Å²) in [7, 11) is 1.66. The van der Waals surface area contributed by atoms with Crippen LogP contribution in [0.1, 0.15) is 28.9 Å². The van der Waals surface area contributed by atoms with Crippen LogP contribution in [0.15, 0.2) is 48.5 Å². The molecule has 8 heteroatoms. The van der Waals surface area contributed by atoms with Crippen LogP contribution in [-0.2, 0) is 4.79 Å². The largest absolute Gasteiger partial charge is 0.496 e. The Balaban J connectivity index is 0.00000320. The van der Waals surface area contributed by atoms with Gasteiger partial charge in [0, 0.05) is 43.0 Å². The van der Waals surface area contributed by atoms with E-state index in [0.29, 0.717) is 17.8 Å². The first-order valence-electron chi connectivity index (χ1n) is 9.88. The number of para-hydroxylation sites is 1. The lowest BCUT2D eigenvalue weighted by molar-refractivity contribution is -0.118. The van der Waals surface area contributed by atoms with E-state index >= 15 is 0 Å². The first-order chi connectivity index (χ1) is 14.1. The number of nitrogens with one attached hydrogen (secondary N) is 3. The van der Waals surface area contributed by atoms with Crippen LogP contribution >= 0.6 is 12.4 Å². The quantitative estimate of drug-likeness (QED) is 0.626. The second-order valence-electron chi connectivity index (χ2n) is 6.92. The van der Waals surface area contributed by atoms with Gasteiger partial charge in [0.05, 0.1) is 19.7 Å². The SMILES string of the molecule is CCNC(=O)c1cccc(NC(=O)CN2CCNCC2c2ccccc2OC)c1.Cl. The van der Waals surface area contributed by atoms with Gasteiger partial charge in [0.25, 0.3) is 5.91 Å². The van der Waals surface area contributed by atoms with E-state index < -0.39 is 0 Å². The van der Waals surface area contributed by atoms with E-state index in [9.17, 15) is 9.59 Å². The number of methoxy groups -OCH3 is 1. The van der Waals surface area contributed by atoms with E-state index in [1.807, 2.05) is 31.2 Å². The first-order valence-corrected chi connectivity index (χ1v) is 9.88. The van der Waals surface area contributed by atoms with Crippen molar-refractivity contribution >= 4 is 29.9 Å². The number of carbonyl (C=O) groups is 2. The highest BCUT2D eigenvalue weighted by Gasteiger charge is 2.27. The van der Waals surface area contributed by atoms with Gasteiger partial charge in [-0.15, -0.1) is 12.4 Å². The Bertz CT molecular complexity index is 862. The van der Waals surface area contributed by atoms with Crippen molar-refractivity contribution in [3.63, 3.8) is 0 Å². The zero-order chi connectivity index (χ0) is 20.6. The smallest absolute Gasteiger partial charge is 0.251 e. The number of benzene rings is 2. The lowest BCUT2D eigenvalue weighted by Gasteiger charge is -2.36. The summed E-state index contributed by atoms with van der Waals surface area (Å²) in [6, 6.07) is 14.9. The van der Waals surface area contributed by atoms with Crippen molar-refractivity contribution in [1.29, 1.82) is 0 Å². The number of anilines is 1. The Morgan fingerprint density at radius 1 is 1.20 bits per heavy atom. The van der Waals surface area contributed by atoms with Gasteiger partial charge in [-0.25, -0.2) is 0 Å². The van der Waals surface area contributed by atoms with Crippen molar-refractivity contribution in [2.75, 3.05) is 45.2 Å². The molecule has 0 saturated carbocycles. The number of amides is 2. The minimum Gasteiger partial charge on any atom is -0.496 e. The highest BCUT2D eigenvalue weighted by Crippen LogP contribution is 2.30. The topological polar surface area (TPSA) is 82.7 Å². The van der Waals surface area contributed by atoms with Crippen LogP contribution in [0, 0.1) is 0 Å². The van der Waals surface area contributed by atoms with E-state index in [1.54, 1.807) is 31.4 Å². The first kappa shape index (κ1) is 23.7. The zero-order valence-corrected chi connectivity index (χ0v) is 18.1. The molecule has 2 aromatic rings. The van der Waals surface area contributed by atoms with Crippen LogP contribution in [0.3, 0.4) is 0 Å². The molecule has 0 bridgehead atoms. The predicted molar refractivity (Wildman–Crippen MR) is 121 cm³/mol. The third-order valence-corrected chi connectivity index (χ3v) is 4.94. The lowest BCUT2D eigenvalue weighted by Crippen LogP contribution is -2.48. The molecule has 0 aromatic heterocycles. The molecule has 3 N–H and O–H groups in total. The molecule has 2 aromatic carbocycles. The number of nitrogens with zero attached hydrogens (tertiary/aromatic N) is 1. The normalized spacial score (nSPS) is 16.3. The molecule has 2 amide bonds. The summed E-state index contributed by atoms with van der Waals surface area (Å²) in [4.78, 5) is 26.9. The number of halogens is 1. The molecule has 0 aliphatic carbocycles. The molecule has 0 spiro atoms. The van der Waals surface area contributed by atoms with E-state index in [-0.39, 0.29) is 36.8 Å². The van der Waals surface area contributed by atoms with Crippen molar-refractivity contribution in [3.05, 3.63) is 59.7 Å². The second kappa shape index (κ2) is 11.5. The maximum absolute atomic E-state index is 12.7. The summed E-state index contributed by atoms with van der Waals surface area (Å²) in [5.41, 5.74) is 2.20. The van der Waals surface area contributed by atoms with Gasteiger partial charge in [0.15, 0.2) is 0 Å². The van der Waals surface area contributed by atoms with Crippen LogP contribution in [0.5, 0.6) is 5.75 Å². The maximum atomic E-state index is 12.7. The average molecular weight is 433 g/mol. The molecule has 3 rings (SSSR count).